The van der Waals surface area contributed by atoms with Gasteiger partial charge in [-0.15, -0.1) is 4.90 Å². The predicted octanol–water partition coefficient (Wildman–Crippen LogP) is 7.32. The van der Waals surface area contributed by atoms with E-state index in [1.165, 1.54) is 0 Å². The first-order valence-electron chi connectivity index (χ1n) is 14.5. The van der Waals surface area contributed by atoms with Crippen LogP contribution in [0, 0.1) is 0 Å². The maximum absolute atomic E-state index is 14.8. The average molecular weight is 564 g/mol. The number of methoxy groups -OCH3 is 2. The van der Waals surface area contributed by atoms with Gasteiger partial charge in [0.2, 0.25) is 22.6 Å². The van der Waals surface area contributed by atoms with Crippen molar-refractivity contribution in [2.45, 2.75) is 50.6 Å². The van der Waals surface area contributed by atoms with Crippen LogP contribution < -0.4 is 14.4 Å². The molecule has 0 aliphatic carbocycles. The first kappa shape index (κ1) is 30.7. The molecule has 1 radical (unpaired) electrons. The molecule has 0 aromatic heterocycles. The molecule has 0 saturated carbocycles. The van der Waals surface area contributed by atoms with Gasteiger partial charge in [0.1, 0.15) is 18.5 Å². The molecular formula is C37H41NO4+. The summed E-state index contributed by atoms with van der Waals surface area (Å²) in [7, 11) is 5.18. The number of ketones is 2. The maximum Gasteiger partial charge on any atom is 0.228 e. The maximum atomic E-state index is 14.8. The second kappa shape index (κ2) is 13.6. The van der Waals surface area contributed by atoms with Crippen LogP contribution in [0.25, 0.3) is 0 Å². The van der Waals surface area contributed by atoms with Crippen molar-refractivity contribution in [1.29, 1.82) is 0 Å². The number of likely N-dealkylation sites (N-methyl/N-ethyl adjacent to an activating group) is 1. The average Bonchev–Trinajstić information content (AvgIpc) is 3.06. The molecule has 0 N–H and O–H groups in total. The number of ether oxygens (including phenoxy) is 2. The number of carbonyl (C=O) groups is 2. The molecule has 42 heavy (non-hydrogen) atoms. The number of nitrogens with zero attached hydrogens (tertiary/aromatic N) is 1. The molecule has 0 amide bonds. The molecule has 2 atom stereocenters. The van der Waals surface area contributed by atoms with Crippen LogP contribution >= 0.6 is 0 Å². The Balaban J connectivity index is 1.92. The lowest BCUT2D eigenvalue weighted by molar-refractivity contribution is 0.0468. The summed E-state index contributed by atoms with van der Waals surface area (Å²) in [5.41, 5.74) is 1.22. The van der Waals surface area contributed by atoms with E-state index in [1.807, 2.05) is 106 Å². The number of hydrogen-bond donors (Lipinski definition) is 0. The molecule has 0 aliphatic rings. The van der Waals surface area contributed by atoms with Crippen LogP contribution in [0.2, 0.25) is 0 Å². The van der Waals surface area contributed by atoms with Gasteiger partial charge in [-0.05, 0) is 59.7 Å². The first-order valence-corrected chi connectivity index (χ1v) is 14.5. The van der Waals surface area contributed by atoms with Crippen molar-refractivity contribution in [2.24, 2.45) is 0 Å². The molecule has 5 nitrogen and oxygen atoms in total. The van der Waals surface area contributed by atoms with E-state index in [4.69, 9.17) is 9.47 Å². The number of benzene rings is 4. The highest BCUT2D eigenvalue weighted by atomic mass is 16.5. The van der Waals surface area contributed by atoms with Crippen molar-refractivity contribution in [3.05, 3.63) is 131 Å². The van der Waals surface area contributed by atoms with Gasteiger partial charge in [0.05, 0.1) is 14.2 Å². The second-order valence-corrected chi connectivity index (χ2v) is 10.8. The summed E-state index contributed by atoms with van der Waals surface area (Å²) < 4.78 is 10.7. The zero-order valence-electron chi connectivity index (χ0n) is 25.3. The molecule has 2 unspecified atom stereocenters. The van der Waals surface area contributed by atoms with E-state index in [0.29, 0.717) is 48.3 Å². The first-order chi connectivity index (χ1) is 20.3. The number of rotatable bonds is 14. The van der Waals surface area contributed by atoms with Crippen LogP contribution in [-0.2, 0) is 12.8 Å². The minimum Gasteiger partial charge on any atom is -0.497 e. The van der Waals surface area contributed by atoms with Gasteiger partial charge in [-0.3, -0.25) is 9.59 Å². The summed E-state index contributed by atoms with van der Waals surface area (Å²) in [5, 5.41) is 0. The minimum atomic E-state index is -1.01. The molecular weight excluding hydrogens is 522 g/mol. The molecule has 0 heterocycles. The van der Waals surface area contributed by atoms with Crippen LogP contribution in [0.5, 0.6) is 11.5 Å². The fraction of sp³-hybridized carbons (Fsp3) is 0.297. The number of Topliss-reactive ketones (excluding diaryl/α,β-unsaturated/α-hetero) is 2. The Kier molecular flexibility index (Phi) is 9.97. The Bertz CT molecular complexity index is 1340. The molecule has 0 bridgehead atoms. The lowest BCUT2D eigenvalue weighted by Crippen LogP contribution is -2.70. The van der Waals surface area contributed by atoms with E-state index >= 15 is 0 Å². The normalized spacial score (nSPS) is 14.0. The fourth-order valence-electron chi connectivity index (χ4n) is 6.05. The van der Waals surface area contributed by atoms with Gasteiger partial charge >= 0.3 is 0 Å². The van der Waals surface area contributed by atoms with E-state index in [0.717, 1.165) is 11.1 Å². The van der Waals surface area contributed by atoms with Crippen LogP contribution in [0.1, 0.15) is 58.5 Å². The van der Waals surface area contributed by atoms with E-state index < -0.39 is 11.1 Å². The third-order valence-electron chi connectivity index (χ3n) is 8.68. The topological polar surface area (TPSA) is 58.5 Å². The smallest absolute Gasteiger partial charge is 0.228 e. The van der Waals surface area contributed by atoms with Crippen LogP contribution in [0.4, 0.5) is 0 Å². The lowest BCUT2D eigenvalue weighted by Gasteiger charge is -2.42. The van der Waals surface area contributed by atoms with Crippen molar-refractivity contribution < 1.29 is 19.1 Å². The van der Waals surface area contributed by atoms with Gasteiger partial charge in [0.15, 0.2) is 0 Å². The molecule has 5 heteroatoms. The summed E-state index contributed by atoms with van der Waals surface area (Å²) >= 11 is 0. The largest absolute Gasteiger partial charge is 0.497 e. The van der Waals surface area contributed by atoms with E-state index in [-0.39, 0.29) is 11.6 Å². The highest BCUT2D eigenvalue weighted by Crippen LogP contribution is 2.37. The SMILES string of the molecule is CCC(Cc1ccccc1)(C(=O)c1ccc(OC)cc1)[N+](C)C(CC)(Cc1ccccc1)C(=O)c1ccc(OC)cc1. The van der Waals surface area contributed by atoms with Gasteiger partial charge < -0.3 is 9.47 Å². The molecule has 4 aromatic carbocycles. The van der Waals surface area contributed by atoms with Crippen molar-refractivity contribution in [1.82, 2.24) is 4.90 Å². The van der Waals surface area contributed by atoms with Gasteiger partial charge in [-0.25, -0.2) is 0 Å². The highest BCUT2D eigenvalue weighted by Gasteiger charge is 2.61. The third-order valence-corrected chi connectivity index (χ3v) is 8.68. The minimum absolute atomic E-state index is 0.0209. The zero-order valence-corrected chi connectivity index (χ0v) is 25.3. The zero-order chi connectivity index (χ0) is 30.2. The summed E-state index contributed by atoms with van der Waals surface area (Å²) in [6.07, 6.45) is 1.93. The molecule has 0 aliphatic heterocycles. The number of hydrogen-bond acceptors (Lipinski definition) is 5. The quantitative estimate of drug-likeness (QED) is 0.119. The molecule has 0 fully saturated rings. The summed E-state index contributed by atoms with van der Waals surface area (Å²) in [6, 6.07) is 34.7. The van der Waals surface area contributed by atoms with Crippen molar-refractivity contribution in [2.75, 3.05) is 21.3 Å². The van der Waals surface area contributed by atoms with Gasteiger partial charge in [0, 0.05) is 36.8 Å². The monoisotopic (exact) mass is 563 g/mol. The Morgan fingerprint density at radius 3 is 1.19 bits per heavy atom. The Hall–Kier alpha value is -4.22. The van der Waals surface area contributed by atoms with Crippen LogP contribution in [0.15, 0.2) is 109 Å². The molecule has 0 spiro atoms. The van der Waals surface area contributed by atoms with Gasteiger partial charge in [-0.1, -0.05) is 74.5 Å². The standard InChI is InChI=1S/C37H41NO4/c1-6-36(26-28-14-10-8-11-15-28,34(39)30-18-22-32(41-4)23-19-30)38(3)37(7-2,27-29-16-12-9-13-17-29)35(40)31-20-24-33(42-5)25-21-31/h8-25H,6-7,26-27H2,1-5H3/q+1. The lowest BCUT2D eigenvalue weighted by atomic mass is 9.72. The summed E-state index contributed by atoms with van der Waals surface area (Å²) in [6.45, 7) is 4.09. The van der Waals surface area contributed by atoms with Crippen LogP contribution in [-0.4, -0.2) is 43.9 Å². The van der Waals surface area contributed by atoms with E-state index in [1.54, 1.807) is 14.2 Å². The van der Waals surface area contributed by atoms with E-state index in [9.17, 15) is 9.59 Å². The van der Waals surface area contributed by atoms with Gasteiger partial charge in [-0.2, -0.15) is 0 Å². The van der Waals surface area contributed by atoms with Crippen molar-refractivity contribution in [3.8, 4) is 11.5 Å². The van der Waals surface area contributed by atoms with Crippen molar-refractivity contribution in [3.63, 3.8) is 0 Å². The Morgan fingerprint density at radius 2 is 0.905 bits per heavy atom. The third kappa shape index (κ3) is 6.17. The second-order valence-electron chi connectivity index (χ2n) is 10.8. The fourth-order valence-corrected chi connectivity index (χ4v) is 6.05. The van der Waals surface area contributed by atoms with Gasteiger partial charge in [0.25, 0.3) is 0 Å². The highest BCUT2D eigenvalue weighted by molar-refractivity contribution is 6.07. The summed E-state index contributed by atoms with van der Waals surface area (Å²) in [4.78, 5) is 31.7. The predicted molar refractivity (Wildman–Crippen MR) is 169 cm³/mol. The Morgan fingerprint density at radius 1 is 0.571 bits per heavy atom. The number of carbonyl (C=O) groups excluding carboxylic acids is 2. The molecule has 4 rings (SSSR count). The van der Waals surface area contributed by atoms with Crippen molar-refractivity contribution >= 4 is 11.6 Å². The summed E-state index contributed by atoms with van der Waals surface area (Å²) in [5.74, 6) is 1.33. The molecule has 0 saturated heterocycles. The van der Waals surface area contributed by atoms with Crippen LogP contribution in [0.3, 0.4) is 0 Å². The molecule has 217 valence electrons. The molecule has 4 aromatic rings. The Labute approximate surface area is 250 Å². The van der Waals surface area contributed by atoms with E-state index in [2.05, 4.69) is 29.2 Å².